The number of benzene rings is 2. The Morgan fingerprint density at radius 1 is 1.24 bits per heavy atom. The van der Waals surface area contributed by atoms with Crippen LogP contribution in [0.25, 0.3) is 10.8 Å². The summed E-state index contributed by atoms with van der Waals surface area (Å²) in [6, 6.07) is 12.0. The van der Waals surface area contributed by atoms with Crippen molar-refractivity contribution in [3.63, 3.8) is 0 Å². The van der Waals surface area contributed by atoms with Crippen molar-refractivity contribution in [3.05, 3.63) is 36.4 Å². The molecule has 0 radical (unpaired) electrons. The topological polar surface area (TPSA) is 69.1 Å². The Morgan fingerprint density at radius 2 is 2.00 bits per heavy atom. The minimum Gasteiger partial charge on any atom is -0.508 e. The lowest BCUT2D eigenvalue weighted by atomic mass is 10.1. The lowest BCUT2D eigenvalue weighted by molar-refractivity contribution is 0.158. The van der Waals surface area contributed by atoms with Crippen LogP contribution in [0.15, 0.2) is 41.4 Å². The number of amidine groups is 1. The van der Waals surface area contributed by atoms with Gasteiger partial charge in [-0.05, 0) is 32.5 Å². The third-order valence-corrected chi connectivity index (χ3v) is 3.70. The molecular formula is C19H28N4O2. The van der Waals surface area contributed by atoms with E-state index < -0.39 is 0 Å². The molecule has 0 saturated carbocycles. The number of anilines is 1. The minimum absolute atomic E-state index is 0.0594. The van der Waals surface area contributed by atoms with E-state index in [1.807, 2.05) is 45.3 Å². The highest BCUT2D eigenvalue weighted by Gasteiger charge is 2.08. The smallest absolute Gasteiger partial charge is 0.284 e. The molecule has 25 heavy (non-hydrogen) atoms. The number of likely N-dealkylation sites (N-methyl/N-ethyl adjacent to an activating group) is 1. The van der Waals surface area contributed by atoms with Crippen molar-refractivity contribution in [2.24, 2.45) is 4.99 Å². The molecule has 0 unspecified atom stereocenters. The highest BCUT2D eigenvalue weighted by atomic mass is 16.5. The summed E-state index contributed by atoms with van der Waals surface area (Å²) in [6.07, 6.45) is 0.0594. The van der Waals surface area contributed by atoms with Crippen LogP contribution >= 0.6 is 0 Å². The third kappa shape index (κ3) is 5.83. The van der Waals surface area contributed by atoms with Gasteiger partial charge in [0.1, 0.15) is 11.9 Å². The zero-order valence-corrected chi connectivity index (χ0v) is 15.4. The second-order valence-electron chi connectivity index (χ2n) is 6.29. The zero-order chi connectivity index (χ0) is 18.2. The van der Waals surface area contributed by atoms with Crippen molar-refractivity contribution < 1.29 is 9.84 Å². The van der Waals surface area contributed by atoms with Crippen molar-refractivity contribution in [1.82, 2.24) is 10.2 Å². The fourth-order valence-corrected chi connectivity index (χ4v) is 2.72. The summed E-state index contributed by atoms with van der Waals surface area (Å²) in [5.74, 6) is 0.255. The molecule has 2 aromatic carbocycles. The first kappa shape index (κ1) is 18.9. The Hall–Kier alpha value is -2.47. The van der Waals surface area contributed by atoms with Gasteiger partial charge >= 0.3 is 0 Å². The molecule has 136 valence electrons. The molecule has 6 nitrogen and oxygen atoms in total. The van der Waals surface area contributed by atoms with E-state index in [1.54, 1.807) is 19.2 Å². The summed E-state index contributed by atoms with van der Waals surface area (Å²) >= 11 is 0. The number of nitrogens with one attached hydrogen (secondary N) is 2. The molecule has 0 saturated heterocycles. The molecule has 0 aliphatic heterocycles. The summed E-state index contributed by atoms with van der Waals surface area (Å²) in [7, 11) is 5.74. The second kappa shape index (κ2) is 9.13. The normalized spacial score (nSPS) is 13.1. The molecule has 0 aliphatic rings. The van der Waals surface area contributed by atoms with Crippen molar-refractivity contribution in [2.75, 3.05) is 46.1 Å². The molecule has 0 bridgehead atoms. The highest BCUT2D eigenvalue weighted by molar-refractivity contribution is 5.95. The average molecular weight is 344 g/mol. The van der Waals surface area contributed by atoms with Crippen LogP contribution in [0.4, 0.5) is 5.69 Å². The molecule has 2 rings (SSSR count). The van der Waals surface area contributed by atoms with Gasteiger partial charge in [-0.2, -0.15) is 0 Å². The number of phenols is 1. The van der Waals surface area contributed by atoms with Crippen molar-refractivity contribution in [2.45, 2.75) is 13.0 Å². The van der Waals surface area contributed by atoms with E-state index in [0.29, 0.717) is 19.1 Å². The van der Waals surface area contributed by atoms with E-state index in [1.165, 1.54) is 0 Å². The number of rotatable bonds is 7. The number of fused-ring (bicyclic) bond motifs is 1. The molecule has 6 heteroatoms. The molecule has 1 atom stereocenters. The second-order valence-corrected chi connectivity index (χ2v) is 6.29. The lowest BCUT2D eigenvalue weighted by Gasteiger charge is -2.20. The Labute approximate surface area is 149 Å². The Balaban J connectivity index is 1.86. The molecule has 0 amide bonds. The zero-order valence-electron chi connectivity index (χ0n) is 15.4. The van der Waals surface area contributed by atoms with Crippen LogP contribution in [-0.4, -0.2) is 62.9 Å². The van der Waals surface area contributed by atoms with Crippen molar-refractivity contribution >= 4 is 22.5 Å². The van der Waals surface area contributed by atoms with Crippen LogP contribution in [0.2, 0.25) is 0 Å². The molecule has 0 aliphatic carbocycles. The maximum Gasteiger partial charge on any atom is 0.284 e. The van der Waals surface area contributed by atoms with Gasteiger partial charge in [0.2, 0.25) is 0 Å². The van der Waals surface area contributed by atoms with Gasteiger partial charge in [-0.1, -0.05) is 24.3 Å². The lowest BCUT2D eigenvalue weighted by Crippen LogP contribution is -2.36. The first-order valence-electron chi connectivity index (χ1n) is 8.47. The first-order valence-corrected chi connectivity index (χ1v) is 8.47. The monoisotopic (exact) mass is 344 g/mol. The third-order valence-electron chi connectivity index (χ3n) is 3.70. The average Bonchev–Trinajstić information content (AvgIpc) is 2.56. The number of hydrogen-bond donors (Lipinski definition) is 3. The summed E-state index contributed by atoms with van der Waals surface area (Å²) in [4.78, 5) is 6.22. The molecule has 0 spiro atoms. The van der Waals surface area contributed by atoms with E-state index in [0.717, 1.165) is 23.0 Å². The number of phenolic OH excluding ortho intramolecular Hbond substituents is 1. The summed E-state index contributed by atoms with van der Waals surface area (Å²) in [5.41, 5.74) is 0.911. The van der Waals surface area contributed by atoms with Gasteiger partial charge in [0, 0.05) is 43.8 Å². The number of aliphatic imine (C=N–C) groups is 1. The van der Waals surface area contributed by atoms with Gasteiger partial charge in [0.05, 0.1) is 0 Å². The standard InChI is InChI=1S/C19H28N4O2/c1-14(13-23(3)4)25-19(20-2)22-10-9-21-18-12-16(24)11-15-7-5-6-8-17(15)18/h5-8,11-12,14,21,24H,9-10,13H2,1-4H3,(H,20,22)/t14-/m1/s1. The van der Waals surface area contributed by atoms with Crippen LogP contribution in [0.5, 0.6) is 5.75 Å². The predicted octanol–water partition coefficient (Wildman–Crippen LogP) is 2.50. The maximum atomic E-state index is 9.87. The highest BCUT2D eigenvalue weighted by Crippen LogP contribution is 2.28. The van der Waals surface area contributed by atoms with E-state index in [2.05, 4.69) is 20.5 Å². The van der Waals surface area contributed by atoms with Crippen LogP contribution in [0.3, 0.4) is 0 Å². The van der Waals surface area contributed by atoms with Gasteiger partial charge in [0.25, 0.3) is 6.02 Å². The van der Waals surface area contributed by atoms with Crippen molar-refractivity contribution in [1.29, 1.82) is 0 Å². The van der Waals surface area contributed by atoms with Crippen LogP contribution < -0.4 is 10.6 Å². The maximum absolute atomic E-state index is 9.87. The largest absolute Gasteiger partial charge is 0.508 e. The summed E-state index contributed by atoms with van der Waals surface area (Å²) in [6.45, 7) is 4.18. The number of hydrogen-bond acceptors (Lipinski definition) is 5. The van der Waals surface area contributed by atoms with Crippen LogP contribution in [0.1, 0.15) is 6.92 Å². The molecule has 2 aromatic rings. The van der Waals surface area contributed by atoms with E-state index in [4.69, 9.17) is 4.74 Å². The van der Waals surface area contributed by atoms with Crippen molar-refractivity contribution in [3.8, 4) is 5.75 Å². The minimum atomic E-state index is 0.0594. The molecule has 3 N–H and O–H groups in total. The van der Waals surface area contributed by atoms with Gasteiger partial charge in [-0.15, -0.1) is 0 Å². The Kier molecular flexibility index (Phi) is 6.89. The molecule has 0 fully saturated rings. The van der Waals surface area contributed by atoms with Crippen LogP contribution in [-0.2, 0) is 4.74 Å². The molecular weight excluding hydrogens is 316 g/mol. The van der Waals surface area contributed by atoms with E-state index in [-0.39, 0.29) is 11.9 Å². The van der Waals surface area contributed by atoms with Gasteiger partial charge in [-0.25, -0.2) is 4.99 Å². The van der Waals surface area contributed by atoms with E-state index >= 15 is 0 Å². The number of ether oxygens (including phenoxy) is 1. The Morgan fingerprint density at radius 3 is 2.72 bits per heavy atom. The number of aromatic hydroxyl groups is 1. The van der Waals surface area contributed by atoms with Crippen LogP contribution in [0, 0.1) is 0 Å². The summed E-state index contributed by atoms with van der Waals surface area (Å²) < 4.78 is 5.78. The summed E-state index contributed by atoms with van der Waals surface area (Å²) in [5, 5.41) is 18.5. The first-order chi connectivity index (χ1) is 12.0. The van der Waals surface area contributed by atoms with E-state index in [9.17, 15) is 5.11 Å². The fourth-order valence-electron chi connectivity index (χ4n) is 2.72. The molecule has 0 heterocycles. The quantitative estimate of drug-likeness (QED) is 0.409. The fraction of sp³-hybridized carbons (Fsp3) is 0.421. The van der Waals surface area contributed by atoms with Gasteiger partial charge in [-0.3, -0.25) is 0 Å². The van der Waals surface area contributed by atoms with Gasteiger partial charge in [0.15, 0.2) is 0 Å². The number of nitrogens with zero attached hydrogens (tertiary/aromatic N) is 2. The molecule has 0 aromatic heterocycles. The Bertz CT molecular complexity index is 716. The predicted molar refractivity (Wildman–Crippen MR) is 105 cm³/mol. The van der Waals surface area contributed by atoms with Gasteiger partial charge < -0.3 is 25.4 Å². The SMILES string of the molecule is CN=C(NCCNc1cc(O)cc2ccccc12)O[C@H](C)CN(C)C.